The molecule has 3 rings (SSSR count). The molecule has 5 heteroatoms. The second kappa shape index (κ2) is 6.90. The van der Waals surface area contributed by atoms with Gasteiger partial charge in [0.1, 0.15) is 5.82 Å². The van der Waals surface area contributed by atoms with Crippen molar-refractivity contribution in [3.8, 4) is 0 Å². The summed E-state index contributed by atoms with van der Waals surface area (Å²) >= 11 is 0. The molecular formula is C21H23FN2O2. The largest absolute Gasteiger partial charge is 0.326 e. The van der Waals surface area contributed by atoms with Gasteiger partial charge in [0.25, 0.3) is 0 Å². The first kappa shape index (κ1) is 18.1. The van der Waals surface area contributed by atoms with Gasteiger partial charge in [-0.05, 0) is 53.8 Å². The van der Waals surface area contributed by atoms with Crippen LogP contribution >= 0.6 is 0 Å². The average Bonchev–Trinajstić information content (AvgIpc) is 3.37. The summed E-state index contributed by atoms with van der Waals surface area (Å²) < 4.78 is 12.9. The molecule has 0 heterocycles. The van der Waals surface area contributed by atoms with Crippen LogP contribution in [0.3, 0.4) is 0 Å². The third kappa shape index (κ3) is 4.28. The zero-order valence-corrected chi connectivity index (χ0v) is 15.2. The Morgan fingerprint density at radius 1 is 0.846 bits per heavy atom. The number of rotatable bonds is 4. The SMILES string of the molecule is CC(C)(C)c1ccc(NC(=O)C2CC2C(=O)Nc2ccc(F)cc2)cc1. The lowest BCUT2D eigenvalue weighted by molar-refractivity contribution is -0.122. The van der Waals surface area contributed by atoms with Crippen LogP contribution in [0, 0.1) is 17.7 Å². The van der Waals surface area contributed by atoms with E-state index in [4.69, 9.17) is 0 Å². The average molecular weight is 354 g/mol. The van der Waals surface area contributed by atoms with Crippen LogP contribution in [0.5, 0.6) is 0 Å². The summed E-state index contributed by atoms with van der Waals surface area (Å²) in [4.78, 5) is 24.5. The molecule has 0 aliphatic heterocycles. The van der Waals surface area contributed by atoms with E-state index in [-0.39, 0.29) is 34.9 Å². The number of hydrogen-bond acceptors (Lipinski definition) is 2. The van der Waals surface area contributed by atoms with Crippen molar-refractivity contribution >= 4 is 23.2 Å². The van der Waals surface area contributed by atoms with Crippen molar-refractivity contribution in [3.63, 3.8) is 0 Å². The molecular weight excluding hydrogens is 331 g/mol. The number of carbonyl (C=O) groups excluding carboxylic acids is 2. The molecule has 1 aliphatic carbocycles. The van der Waals surface area contributed by atoms with Crippen LogP contribution in [0.1, 0.15) is 32.8 Å². The van der Waals surface area contributed by atoms with Crippen LogP contribution < -0.4 is 10.6 Å². The lowest BCUT2D eigenvalue weighted by Crippen LogP contribution is -2.20. The molecule has 1 fully saturated rings. The molecule has 2 atom stereocenters. The predicted molar refractivity (Wildman–Crippen MR) is 100 cm³/mol. The first-order valence-electron chi connectivity index (χ1n) is 8.72. The monoisotopic (exact) mass is 354 g/mol. The van der Waals surface area contributed by atoms with Gasteiger partial charge in [-0.3, -0.25) is 9.59 Å². The third-order valence-electron chi connectivity index (χ3n) is 4.59. The maximum absolute atomic E-state index is 12.9. The number of benzene rings is 2. The molecule has 0 aromatic heterocycles. The molecule has 1 saturated carbocycles. The van der Waals surface area contributed by atoms with Crippen molar-refractivity contribution in [1.82, 2.24) is 0 Å². The number of halogens is 1. The Morgan fingerprint density at radius 3 is 1.69 bits per heavy atom. The number of anilines is 2. The summed E-state index contributed by atoms with van der Waals surface area (Å²) in [5.74, 6) is -1.37. The summed E-state index contributed by atoms with van der Waals surface area (Å²) in [6.07, 6.45) is 0.527. The van der Waals surface area contributed by atoms with Crippen LogP contribution in [0.25, 0.3) is 0 Å². The minimum Gasteiger partial charge on any atom is -0.326 e. The van der Waals surface area contributed by atoms with Gasteiger partial charge in [0.15, 0.2) is 0 Å². The molecule has 0 bridgehead atoms. The summed E-state index contributed by atoms with van der Waals surface area (Å²) in [5.41, 5.74) is 2.51. The lowest BCUT2D eigenvalue weighted by atomic mass is 9.87. The van der Waals surface area contributed by atoms with E-state index in [9.17, 15) is 14.0 Å². The Kier molecular flexibility index (Phi) is 4.81. The van der Waals surface area contributed by atoms with Crippen molar-refractivity contribution < 1.29 is 14.0 Å². The molecule has 2 N–H and O–H groups in total. The van der Waals surface area contributed by atoms with Gasteiger partial charge in [0.2, 0.25) is 11.8 Å². The van der Waals surface area contributed by atoms with Gasteiger partial charge in [-0.2, -0.15) is 0 Å². The van der Waals surface area contributed by atoms with Crippen molar-refractivity contribution in [1.29, 1.82) is 0 Å². The van der Waals surface area contributed by atoms with Crippen molar-refractivity contribution in [2.45, 2.75) is 32.6 Å². The van der Waals surface area contributed by atoms with E-state index in [1.807, 2.05) is 24.3 Å². The van der Waals surface area contributed by atoms with Crippen molar-refractivity contribution in [2.75, 3.05) is 10.6 Å². The Balaban J connectivity index is 1.53. The summed E-state index contributed by atoms with van der Waals surface area (Å²) in [6.45, 7) is 6.40. The van der Waals surface area contributed by atoms with Crippen LogP contribution in [-0.2, 0) is 15.0 Å². The Morgan fingerprint density at radius 2 is 1.27 bits per heavy atom. The van der Waals surface area contributed by atoms with Crippen LogP contribution in [0.15, 0.2) is 48.5 Å². The Labute approximate surface area is 152 Å². The van der Waals surface area contributed by atoms with Gasteiger partial charge in [0.05, 0.1) is 11.8 Å². The minimum absolute atomic E-state index is 0.0581. The third-order valence-corrected chi connectivity index (χ3v) is 4.59. The maximum Gasteiger partial charge on any atom is 0.228 e. The molecule has 0 saturated heterocycles. The number of nitrogens with one attached hydrogen (secondary N) is 2. The molecule has 4 nitrogen and oxygen atoms in total. The van der Waals surface area contributed by atoms with E-state index in [1.54, 1.807) is 0 Å². The zero-order chi connectivity index (χ0) is 18.9. The normalized spacial score (nSPS) is 18.9. The highest BCUT2D eigenvalue weighted by atomic mass is 19.1. The van der Waals surface area contributed by atoms with Gasteiger partial charge in [0, 0.05) is 11.4 Å². The topological polar surface area (TPSA) is 58.2 Å². The van der Waals surface area contributed by atoms with E-state index in [2.05, 4.69) is 31.4 Å². The van der Waals surface area contributed by atoms with Gasteiger partial charge >= 0.3 is 0 Å². The fourth-order valence-electron chi connectivity index (χ4n) is 2.83. The fourth-order valence-corrected chi connectivity index (χ4v) is 2.83. The van der Waals surface area contributed by atoms with Crippen molar-refractivity contribution in [3.05, 3.63) is 59.9 Å². The minimum atomic E-state index is -0.357. The number of amides is 2. The summed E-state index contributed by atoms with van der Waals surface area (Å²) in [5, 5.41) is 5.59. The van der Waals surface area contributed by atoms with Gasteiger partial charge < -0.3 is 10.6 Å². The van der Waals surface area contributed by atoms with Crippen molar-refractivity contribution in [2.24, 2.45) is 11.8 Å². The van der Waals surface area contributed by atoms with E-state index < -0.39 is 0 Å². The second-order valence-electron chi connectivity index (χ2n) is 7.76. The Bertz CT molecular complexity index is 807. The van der Waals surface area contributed by atoms with Crippen LogP contribution in [0.2, 0.25) is 0 Å². The van der Waals surface area contributed by atoms with Gasteiger partial charge in [-0.25, -0.2) is 4.39 Å². The molecule has 0 spiro atoms. The van der Waals surface area contributed by atoms with Crippen LogP contribution in [-0.4, -0.2) is 11.8 Å². The summed E-state index contributed by atoms with van der Waals surface area (Å²) in [6, 6.07) is 13.3. The van der Waals surface area contributed by atoms with E-state index in [0.29, 0.717) is 12.1 Å². The quantitative estimate of drug-likeness (QED) is 0.858. The molecule has 1 aliphatic rings. The van der Waals surface area contributed by atoms with Gasteiger partial charge in [-0.1, -0.05) is 32.9 Å². The van der Waals surface area contributed by atoms with E-state index >= 15 is 0 Å². The zero-order valence-electron chi connectivity index (χ0n) is 15.2. The molecule has 0 radical (unpaired) electrons. The van der Waals surface area contributed by atoms with E-state index in [0.717, 1.165) is 5.69 Å². The molecule has 2 aromatic rings. The maximum atomic E-state index is 12.9. The number of carbonyl (C=O) groups is 2. The molecule has 2 amide bonds. The van der Waals surface area contributed by atoms with E-state index in [1.165, 1.54) is 29.8 Å². The fraction of sp³-hybridized carbons (Fsp3) is 0.333. The van der Waals surface area contributed by atoms with Crippen LogP contribution in [0.4, 0.5) is 15.8 Å². The molecule has 2 aromatic carbocycles. The smallest absolute Gasteiger partial charge is 0.228 e. The summed E-state index contributed by atoms with van der Waals surface area (Å²) in [7, 11) is 0. The molecule has 2 unspecified atom stereocenters. The first-order valence-corrected chi connectivity index (χ1v) is 8.72. The molecule has 26 heavy (non-hydrogen) atoms. The first-order chi connectivity index (χ1) is 12.2. The standard InChI is InChI=1S/C21H23FN2O2/c1-21(2,3)13-4-8-15(9-5-13)23-19(25)17-12-18(17)20(26)24-16-10-6-14(22)7-11-16/h4-11,17-18H,12H2,1-3H3,(H,23,25)(H,24,26). The number of hydrogen-bond donors (Lipinski definition) is 2. The Hall–Kier alpha value is -2.69. The second-order valence-corrected chi connectivity index (χ2v) is 7.76. The lowest BCUT2D eigenvalue weighted by Gasteiger charge is -2.19. The highest BCUT2D eigenvalue weighted by molar-refractivity contribution is 6.03. The highest BCUT2D eigenvalue weighted by Crippen LogP contribution is 2.40. The van der Waals surface area contributed by atoms with Gasteiger partial charge in [-0.15, -0.1) is 0 Å². The predicted octanol–water partition coefficient (Wildman–Crippen LogP) is 4.34. The highest BCUT2D eigenvalue weighted by Gasteiger charge is 2.48. The molecule has 136 valence electrons.